The van der Waals surface area contributed by atoms with Crippen LogP contribution in [0.2, 0.25) is 0 Å². The number of anilines is 2. The molecule has 19 heavy (non-hydrogen) atoms. The average molecular weight is 285 g/mol. The molecule has 0 saturated heterocycles. The Balaban J connectivity index is 2.79. The van der Waals surface area contributed by atoms with E-state index in [-0.39, 0.29) is 5.75 Å². The predicted molar refractivity (Wildman–Crippen MR) is 80.1 cm³/mol. The van der Waals surface area contributed by atoms with Gasteiger partial charge in [-0.25, -0.2) is 13.4 Å². The maximum Gasteiger partial charge on any atom is 0.232 e. The maximum atomic E-state index is 11.4. The van der Waals surface area contributed by atoms with Crippen molar-refractivity contribution in [3.63, 3.8) is 0 Å². The zero-order valence-corrected chi connectivity index (χ0v) is 12.7. The Labute approximate surface area is 116 Å². The van der Waals surface area contributed by atoms with Gasteiger partial charge in [0.15, 0.2) is 0 Å². The highest BCUT2D eigenvalue weighted by Crippen LogP contribution is 2.16. The highest BCUT2D eigenvalue weighted by atomic mass is 32.2. The quantitative estimate of drug-likeness (QED) is 0.797. The summed E-state index contributed by atoms with van der Waals surface area (Å²) < 4.78 is 25.4. The molecule has 0 unspecified atom stereocenters. The first-order valence-electron chi connectivity index (χ1n) is 6.73. The Kier molecular flexibility index (Phi) is 6.08. The summed E-state index contributed by atoms with van der Waals surface area (Å²) in [5.41, 5.74) is 0.513. The summed E-state index contributed by atoms with van der Waals surface area (Å²) in [7, 11) is -3.23. The van der Waals surface area contributed by atoms with E-state index in [1.165, 1.54) is 0 Å². The first-order valence-corrected chi connectivity index (χ1v) is 8.39. The molecule has 0 spiro atoms. The molecule has 1 N–H and O–H groups in total. The van der Waals surface area contributed by atoms with Crippen LogP contribution in [0.4, 0.5) is 11.5 Å². The van der Waals surface area contributed by atoms with Crippen LogP contribution in [0.15, 0.2) is 18.3 Å². The average Bonchev–Trinajstić information content (AvgIpc) is 2.39. The fourth-order valence-corrected chi connectivity index (χ4v) is 2.39. The molecule has 0 saturated carbocycles. The van der Waals surface area contributed by atoms with Gasteiger partial charge in [-0.2, -0.15) is 0 Å². The number of rotatable bonds is 8. The first kappa shape index (κ1) is 15.8. The molecule has 0 aliphatic rings. The minimum Gasteiger partial charge on any atom is -0.357 e. The minimum atomic E-state index is -3.23. The molecule has 0 aliphatic heterocycles. The van der Waals surface area contributed by atoms with Crippen LogP contribution < -0.4 is 9.62 Å². The number of pyridine rings is 1. The monoisotopic (exact) mass is 285 g/mol. The van der Waals surface area contributed by atoms with Gasteiger partial charge in [0.05, 0.1) is 17.6 Å². The van der Waals surface area contributed by atoms with Crippen LogP contribution in [0.5, 0.6) is 0 Å². The number of hydrogen-bond donors (Lipinski definition) is 1. The van der Waals surface area contributed by atoms with Gasteiger partial charge in [0.2, 0.25) is 10.0 Å². The molecule has 0 amide bonds. The van der Waals surface area contributed by atoms with Crippen molar-refractivity contribution >= 4 is 21.5 Å². The predicted octanol–water partition coefficient (Wildman–Crippen LogP) is 2.47. The molecular weight excluding hydrogens is 262 g/mol. The van der Waals surface area contributed by atoms with Crippen molar-refractivity contribution in [1.82, 2.24) is 4.98 Å². The minimum absolute atomic E-state index is 0.0620. The summed E-state index contributed by atoms with van der Waals surface area (Å²) in [6.45, 7) is 7.79. The lowest BCUT2D eigenvalue weighted by Crippen LogP contribution is -2.25. The summed E-state index contributed by atoms with van der Waals surface area (Å²) in [5, 5.41) is 0. The van der Waals surface area contributed by atoms with E-state index in [4.69, 9.17) is 0 Å². The topological polar surface area (TPSA) is 62.3 Å². The van der Waals surface area contributed by atoms with Crippen molar-refractivity contribution < 1.29 is 8.42 Å². The molecule has 0 atom stereocenters. The third-order valence-corrected chi connectivity index (χ3v) is 4.02. The molecule has 0 bridgehead atoms. The summed E-state index contributed by atoms with van der Waals surface area (Å²) in [6, 6.07) is 3.62. The first-order chi connectivity index (χ1) is 9.02. The lowest BCUT2D eigenvalue weighted by molar-refractivity contribution is 0.602. The van der Waals surface area contributed by atoms with Crippen LogP contribution in [0.3, 0.4) is 0 Å². The van der Waals surface area contributed by atoms with Crippen molar-refractivity contribution in [3.05, 3.63) is 18.3 Å². The molecule has 6 heteroatoms. The summed E-state index contributed by atoms with van der Waals surface area (Å²) in [6.07, 6.45) is 3.69. The number of nitrogens with one attached hydrogen (secondary N) is 1. The largest absolute Gasteiger partial charge is 0.357 e. The van der Waals surface area contributed by atoms with Gasteiger partial charge in [-0.15, -0.1) is 0 Å². The van der Waals surface area contributed by atoms with Crippen molar-refractivity contribution in [2.45, 2.75) is 33.6 Å². The van der Waals surface area contributed by atoms with Crippen LogP contribution in [0, 0.1) is 0 Å². The van der Waals surface area contributed by atoms with E-state index in [1.54, 1.807) is 19.2 Å². The van der Waals surface area contributed by atoms with Gasteiger partial charge in [0.1, 0.15) is 5.82 Å². The van der Waals surface area contributed by atoms with Crippen LogP contribution in [0.1, 0.15) is 33.6 Å². The Morgan fingerprint density at radius 1 is 1.16 bits per heavy atom. The standard InChI is InChI=1S/C13H23N3O2S/c1-4-9-16(10-5-2)13-8-7-12(11-14-13)15-19(17,18)6-3/h7-8,11,15H,4-6,9-10H2,1-3H3. The molecular formula is C13H23N3O2S. The Morgan fingerprint density at radius 2 is 1.79 bits per heavy atom. The Morgan fingerprint density at radius 3 is 2.21 bits per heavy atom. The Bertz CT molecular complexity index is 465. The van der Waals surface area contributed by atoms with Crippen LogP contribution in [-0.2, 0) is 10.0 Å². The van der Waals surface area contributed by atoms with Crippen LogP contribution in [0.25, 0.3) is 0 Å². The van der Waals surface area contributed by atoms with Crippen molar-refractivity contribution in [3.8, 4) is 0 Å². The molecule has 0 aromatic carbocycles. The zero-order chi connectivity index (χ0) is 14.3. The van der Waals surface area contributed by atoms with Crippen LogP contribution >= 0.6 is 0 Å². The summed E-state index contributed by atoms with van der Waals surface area (Å²) in [4.78, 5) is 6.54. The van der Waals surface area contributed by atoms with E-state index in [1.807, 2.05) is 6.07 Å². The number of nitrogens with zero attached hydrogens (tertiary/aromatic N) is 2. The molecule has 0 fully saturated rings. The van der Waals surface area contributed by atoms with Gasteiger partial charge < -0.3 is 4.90 Å². The molecule has 1 aromatic heterocycles. The number of hydrogen-bond acceptors (Lipinski definition) is 4. The highest BCUT2D eigenvalue weighted by molar-refractivity contribution is 7.92. The van der Waals surface area contributed by atoms with Crippen molar-refractivity contribution in [1.29, 1.82) is 0 Å². The molecule has 1 rings (SSSR count). The maximum absolute atomic E-state index is 11.4. The van der Waals surface area contributed by atoms with E-state index in [0.717, 1.165) is 31.7 Å². The molecule has 1 aromatic rings. The van der Waals surface area contributed by atoms with E-state index in [2.05, 4.69) is 28.5 Å². The zero-order valence-electron chi connectivity index (χ0n) is 11.9. The molecule has 108 valence electrons. The Hall–Kier alpha value is -1.30. The van der Waals surface area contributed by atoms with Crippen molar-refractivity contribution in [2.24, 2.45) is 0 Å². The molecule has 5 nitrogen and oxygen atoms in total. The summed E-state index contributed by atoms with van der Waals surface area (Å²) in [5.74, 6) is 0.954. The fourth-order valence-electron chi connectivity index (χ4n) is 1.77. The number of aromatic nitrogens is 1. The lowest BCUT2D eigenvalue weighted by Gasteiger charge is -2.22. The summed E-state index contributed by atoms with van der Waals surface area (Å²) >= 11 is 0. The third-order valence-electron chi connectivity index (χ3n) is 2.71. The van der Waals surface area contributed by atoms with Gasteiger partial charge >= 0.3 is 0 Å². The lowest BCUT2D eigenvalue weighted by atomic mass is 10.3. The highest BCUT2D eigenvalue weighted by Gasteiger charge is 2.09. The number of sulfonamides is 1. The van der Waals surface area contributed by atoms with Crippen molar-refractivity contribution in [2.75, 3.05) is 28.5 Å². The molecule has 0 radical (unpaired) electrons. The SMILES string of the molecule is CCCN(CCC)c1ccc(NS(=O)(=O)CC)cn1. The third kappa shape index (κ3) is 5.06. The van der Waals surface area contributed by atoms with Gasteiger partial charge in [-0.05, 0) is 31.9 Å². The fraction of sp³-hybridized carbons (Fsp3) is 0.615. The van der Waals surface area contributed by atoms with Gasteiger partial charge in [0.25, 0.3) is 0 Å². The second-order valence-electron chi connectivity index (χ2n) is 4.40. The van der Waals surface area contributed by atoms with Gasteiger partial charge in [-0.3, -0.25) is 4.72 Å². The second kappa shape index (κ2) is 7.33. The van der Waals surface area contributed by atoms with E-state index >= 15 is 0 Å². The van der Waals surface area contributed by atoms with E-state index < -0.39 is 10.0 Å². The second-order valence-corrected chi connectivity index (χ2v) is 6.41. The van der Waals surface area contributed by atoms with Crippen LogP contribution in [-0.4, -0.2) is 32.2 Å². The normalized spacial score (nSPS) is 11.3. The van der Waals surface area contributed by atoms with Gasteiger partial charge in [0, 0.05) is 13.1 Å². The smallest absolute Gasteiger partial charge is 0.232 e. The van der Waals surface area contributed by atoms with Gasteiger partial charge in [-0.1, -0.05) is 13.8 Å². The molecule has 1 heterocycles. The van der Waals surface area contributed by atoms with E-state index in [0.29, 0.717) is 5.69 Å². The van der Waals surface area contributed by atoms with E-state index in [9.17, 15) is 8.42 Å². The molecule has 0 aliphatic carbocycles.